The van der Waals surface area contributed by atoms with Gasteiger partial charge in [-0.1, -0.05) is 23.7 Å². The van der Waals surface area contributed by atoms with Crippen LogP contribution in [0.2, 0.25) is 5.02 Å². The summed E-state index contributed by atoms with van der Waals surface area (Å²) in [6.45, 7) is 1.79. The van der Waals surface area contributed by atoms with Crippen molar-refractivity contribution in [3.63, 3.8) is 0 Å². The third-order valence-electron chi connectivity index (χ3n) is 5.72. The van der Waals surface area contributed by atoms with E-state index in [1.54, 1.807) is 43.3 Å². The van der Waals surface area contributed by atoms with Gasteiger partial charge < -0.3 is 14.6 Å². The zero-order valence-corrected chi connectivity index (χ0v) is 19.4. The highest BCUT2D eigenvalue weighted by molar-refractivity contribution is 6.52. The third-order valence-corrected chi connectivity index (χ3v) is 5.95. The fourth-order valence-corrected chi connectivity index (χ4v) is 4.19. The number of aryl methyl sites for hydroxylation is 1. The largest absolute Gasteiger partial charge is 0.507 e. The Bertz CT molecular complexity index is 1320. The summed E-state index contributed by atoms with van der Waals surface area (Å²) in [5.74, 6) is -1.77. The van der Waals surface area contributed by atoms with E-state index < -0.39 is 29.3 Å². The number of methoxy groups -OCH3 is 2. The zero-order chi connectivity index (χ0) is 24.6. The molecule has 0 saturated carbocycles. The maximum absolute atomic E-state index is 13.5. The van der Waals surface area contributed by atoms with Gasteiger partial charge in [0, 0.05) is 16.3 Å². The van der Waals surface area contributed by atoms with E-state index in [0.717, 1.165) is 12.1 Å². The predicted octanol–water partition coefficient (Wildman–Crippen LogP) is 5.43. The highest BCUT2D eigenvalue weighted by Gasteiger charge is 2.47. The van der Waals surface area contributed by atoms with Crippen LogP contribution in [0.3, 0.4) is 0 Å². The van der Waals surface area contributed by atoms with Crippen LogP contribution in [0.15, 0.2) is 66.2 Å². The fraction of sp³-hybridized carbons (Fsp3) is 0.154. The first-order valence-electron chi connectivity index (χ1n) is 10.3. The average molecular weight is 482 g/mol. The van der Waals surface area contributed by atoms with Gasteiger partial charge in [-0.15, -0.1) is 0 Å². The minimum atomic E-state index is -0.998. The Morgan fingerprint density at radius 1 is 0.971 bits per heavy atom. The lowest BCUT2D eigenvalue weighted by Crippen LogP contribution is -2.30. The molecular formula is C26H21ClFNO5. The molecule has 6 nitrogen and oxygen atoms in total. The molecule has 1 unspecified atom stereocenters. The molecule has 3 aromatic rings. The number of aliphatic hydroxyl groups excluding tert-OH is 1. The molecule has 1 aliphatic rings. The summed E-state index contributed by atoms with van der Waals surface area (Å²) in [4.78, 5) is 27.9. The number of carbonyl (C=O) groups is 2. The van der Waals surface area contributed by atoms with Crippen LogP contribution in [-0.2, 0) is 9.59 Å². The highest BCUT2D eigenvalue weighted by atomic mass is 35.5. The number of halogens is 2. The molecule has 4 rings (SSSR count). The number of benzene rings is 3. The van der Waals surface area contributed by atoms with Crippen LogP contribution < -0.4 is 14.4 Å². The summed E-state index contributed by atoms with van der Waals surface area (Å²) in [5, 5.41) is 11.5. The molecule has 1 N–H and O–H groups in total. The van der Waals surface area contributed by atoms with Gasteiger partial charge in [0.05, 0.1) is 25.8 Å². The zero-order valence-electron chi connectivity index (χ0n) is 18.6. The van der Waals surface area contributed by atoms with Crippen molar-refractivity contribution in [1.82, 2.24) is 0 Å². The number of amides is 1. The van der Waals surface area contributed by atoms with Crippen molar-refractivity contribution in [2.75, 3.05) is 19.1 Å². The average Bonchev–Trinajstić information content (AvgIpc) is 3.10. The van der Waals surface area contributed by atoms with Gasteiger partial charge in [0.25, 0.3) is 11.7 Å². The van der Waals surface area contributed by atoms with Crippen molar-refractivity contribution in [3.05, 3.63) is 93.8 Å². The standard InChI is InChI=1S/C26H21ClFNO5/c1-14-4-8-17(27)13-19(14)29-23(16-7-11-20(33-2)21(12-16)34-3)22(25(31)26(29)32)24(30)15-5-9-18(28)10-6-15/h4-13,23,30H,1-3H3/b24-22+. The van der Waals surface area contributed by atoms with Crippen LogP contribution in [0.4, 0.5) is 10.1 Å². The number of anilines is 1. The van der Waals surface area contributed by atoms with Gasteiger partial charge in [-0.05, 0) is 66.6 Å². The molecule has 0 radical (unpaired) electrons. The first-order valence-corrected chi connectivity index (χ1v) is 10.7. The number of Topliss-reactive ketones (excluding diaryl/α,β-unsaturated/α-hetero) is 1. The highest BCUT2D eigenvalue weighted by Crippen LogP contribution is 2.45. The summed E-state index contributed by atoms with van der Waals surface area (Å²) in [7, 11) is 2.96. The minimum Gasteiger partial charge on any atom is -0.507 e. The van der Waals surface area contributed by atoms with Gasteiger partial charge in [-0.3, -0.25) is 14.5 Å². The summed E-state index contributed by atoms with van der Waals surface area (Å²) in [6, 6.07) is 14.0. The number of rotatable bonds is 5. The lowest BCUT2D eigenvalue weighted by molar-refractivity contribution is -0.132. The lowest BCUT2D eigenvalue weighted by atomic mass is 9.94. The van der Waals surface area contributed by atoms with E-state index in [1.807, 2.05) is 0 Å². The van der Waals surface area contributed by atoms with E-state index in [4.69, 9.17) is 21.1 Å². The third kappa shape index (κ3) is 3.99. The molecule has 8 heteroatoms. The van der Waals surface area contributed by atoms with Crippen LogP contribution in [0.1, 0.15) is 22.7 Å². The molecule has 34 heavy (non-hydrogen) atoms. The molecule has 0 spiro atoms. The number of aliphatic hydroxyl groups is 1. The van der Waals surface area contributed by atoms with Crippen molar-refractivity contribution in [2.45, 2.75) is 13.0 Å². The van der Waals surface area contributed by atoms with Crippen molar-refractivity contribution < 1.29 is 28.6 Å². The molecule has 0 bridgehead atoms. The number of hydrogen-bond acceptors (Lipinski definition) is 5. The van der Waals surface area contributed by atoms with Crippen LogP contribution >= 0.6 is 11.6 Å². The molecule has 174 valence electrons. The monoisotopic (exact) mass is 481 g/mol. The SMILES string of the molecule is COc1ccc(C2/C(=C(\O)c3ccc(F)cc3)C(=O)C(=O)N2c2cc(Cl)ccc2C)cc1OC. The van der Waals surface area contributed by atoms with Gasteiger partial charge in [-0.2, -0.15) is 0 Å². The van der Waals surface area contributed by atoms with Crippen molar-refractivity contribution in [2.24, 2.45) is 0 Å². The van der Waals surface area contributed by atoms with E-state index in [1.165, 1.54) is 31.3 Å². The quantitative estimate of drug-likeness (QED) is 0.299. The van der Waals surface area contributed by atoms with Crippen LogP contribution in [0.5, 0.6) is 11.5 Å². The summed E-state index contributed by atoms with van der Waals surface area (Å²) in [5.41, 5.74) is 1.70. The number of hydrogen-bond donors (Lipinski definition) is 1. The van der Waals surface area contributed by atoms with E-state index >= 15 is 0 Å². The number of ether oxygens (including phenoxy) is 2. The molecule has 1 heterocycles. The molecule has 0 aromatic heterocycles. The Kier molecular flexibility index (Phi) is 6.30. The molecular weight excluding hydrogens is 461 g/mol. The summed E-state index contributed by atoms with van der Waals surface area (Å²) >= 11 is 6.21. The van der Waals surface area contributed by atoms with Crippen molar-refractivity contribution >= 4 is 34.7 Å². The number of ketones is 1. The normalized spacial score (nSPS) is 17.2. The molecule has 1 fully saturated rings. The smallest absolute Gasteiger partial charge is 0.300 e. The second-order valence-corrected chi connectivity index (χ2v) is 8.16. The van der Waals surface area contributed by atoms with Gasteiger partial charge in [0.2, 0.25) is 0 Å². The first kappa shape index (κ1) is 23.3. The number of carbonyl (C=O) groups excluding carboxylic acids is 2. The molecule has 1 saturated heterocycles. The van der Waals surface area contributed by atoms with E-state index in [-0.39, 0.29) is 11.1 Å². The molecule has 1 aliphatic heterocycles. The van der Waals surface area contributed by atoms with Gasteiger partial charge in [0.1, 0.15) is 11.6 Å². The van der Waals surface area contributed by atoms with E-state index in [2.05, 4.69) is 0 Å². The van der Waals surface area contributed by atoms with E-state index in [9.17, 15) is 19.1 Å². The Morgan fingerprint density at radius 2 is 1.65 bits per heavy atom. The summed E-state index contributed by atoms with van der Waals surface area (Å²) < 4.78 is 24.2. The predicted molar refractivity (Wildman–Crippen MR) is 127 cm³/mol. The molecule has 0 aliphatic carbocycles. The maximum Gasteiger partial charge on any atom is 0.300 e. The first-order chi connectivity index (χ1) is 16.3. The van der Waals surface area contributed by atoms with E-state index in [0.29, 0.717) is 33.3 Å². The molecule has 3 aromatic carbocycles. The van der Waals surface area contributed by atoms with Gasteiger partial charge in [-0.25, -0.2) is 4.39 Å². The van der Waals surface area contributed by atoms with Crippen LogP contribution in [0, 0.1) is 12.7 Å². The van der Waals surface area contributed by atoms with Crippen LogP contribution in [-0.4, -0.2) is 31.0 Å². The Labute approximate surface area is 200 Å². The van der Waals surface area contributed by atoms with Crippen molar-refractivity contribution in [3.8, 4) is 11.5 Å². The molecule has 1 amide bonds. The van der Waals surface area contributed by atoms with Crippen molar-refractivity contribution in [1.29, 1.82) is 0 Å². The van der Waals surface area contributed by atoms with Crippen LogP contribution in [0.25, 0.3) is 5.76 Å². The Balaban J connectivity index is 2.00. The number of nitrogens with zero attached hydrogens (tertiary/aromatic N) is 1. The fourth-order valence-electron chi connectivity index (χ4n) is 4.02. The Morgan fingerprint density at radius 3 is 2.29 bits per heavy atom. The molecule has 1 atom stereocenters. The topological polar surface area (TPSA) is 76.1 Å². The Hall–Kier alpha value is -3.84. The second-order valence-electron chi connectivity index (χ2n) is 7.72. The van der Waals surface area contributed by atoms with Gasteiger partial charge in [0.15, 0.2) is 11.5 Å². The summed E-state index contributed by atoms with van der Waals surface area (Å²) in [6.07, 6.45) is 0. The lowest BCUT2D eigenvalue weighted by Gasteiger charge is -2.27. The van der Waals surface area contributed by atoms with Gasteiger partial charge >= 0.3 is 0 Å². The second kappa shape index (κ2) is 9.19. The maximum atomic E-state index is 13.5. The minimum absolute atomic E-state index is 0.136.